The van der Waals surface area contributed by atoms with E-state index >= 15 is 0 Å². The Morgan fingerprint density at radius 2 is 1.88 bits per heavy atom. The number of pyridine rings is 1. The first-order valence-corrected chi connectivity index (χ1v) is 12.9. The Kier molecular flexibility index (Phi) is 6.76. The second-order valence-electron chi connectivity index (χ2n) is 7.89. The molecule has 4 rings (SSSR count). The minimum Gasteiger partial charge on any atom is -0.497 e. The Labute approximate surface area is 210 Å². The Morgan fingerprint density at radius 3 is 2.56 bits per heavy atom. The second kappa shape index (κ2) is 9.45. The number of rotatable bonds is 8. The van der Waals surface area contributed by atoms with Crippen LogP contribution in [0.15, 0.2) is 53.3 Å². The molecule has 2 N–H and O–H groups in total. The van der Waals surface area contributed by atoms with Gasteiger partial charge in [-0.05, 0) is 64.9 Å². The number of nitrogens with zero attached hydrogens (tertiary/aromatic N) is 1. The predicted octanol–water partition coefficient (Wildman–Crippen LogP) is 4.19. The van der Waals surface area contributed by atoms with Crippen LogP contribution in [0.4, 0.5) is 21.6 Å². The molecule has 0 aliphatic heterocycles. The van der Waals surface area contributed by atoms with E-state index in [9.17, 15) is 17.6 Å². The summed E-state index contributed by atoms with van der Waals surface area (Å²) in [6.07, 6.45) is 0.436. The van der Waals surface area contributed by atoms with Crippen LogP contribution >= 0.6 is 22.6 Å². The fourth-order valence-corrected chi connectivity index (χ4v) is 5.89. The quantitative estimate of drug-likeness (QED) is 0.377. The molecule has 0 amide bonds. The average Bonchev–Trinajstić information content (AvgIpc) is 3.62. The van der Waals surface area contributed by atoms with Gasteiger partial charge in [-0.25, -0.2) is 12.8 Å². The summed E-state index contributed by atoms with van der Waals surface area (Å²) in [5.74, 6) is -0.00278. The second-order valence-corrected chi connectivity index (χ2v) is 11.0. The molecule has 0 spiro atoms. The first-order valence-electron chi connectivity index (χ1n) is 10.3. The number of aromatic nitrogens is 1. The highest BCUT2D eigenvalue weighted by molar-refractivity contribution is 14.1. The lowest BCUT2D eigenvalue weighted by Crippen LogP contribution is -2.25. The molecular weight excluding hydrogens is 576 g/mol. The van der Waals surface area contributed by atoms with Crippen LogP contribution in [0.2, 0.25) is 0 Å². The molecule has 1 aliphatic carbocycles. The zero-order valence-corrected chi connectivity index (χ0v) is 21.6. The number of ether oxygens (including phenoxy) is 2. The maximum atomic E-state index is 14.5. The van der Waals surface area contributed by atoms with Crippen molar-refractivity contribution in [2.24, 2.45) is 7.05 Å². The van der Waals surface area contributed by atoms with Crippen LogP contribution in [0.3, 0.4) is 0 Å². The van der Waals surface area contributed by atoms with Crippen molar-refractivity contribution in [2.45, 2.75) is 17.6 Å². The lowest BCUT2D eigenvalue weighted by molar-refractivity contribution is 0.414. The van der Waals surface area contributed by atoms with E-state index in [1.807, 2.05) is 40.8 Å². The minimum atomic E-state index is -3.87. The van der Waals surface area contributed by atoms with Crippen molar-refractivity contribution in [1.82, 2.24) is 4.57 Å². The van der Waals surface area contributed by atoms with Crippen LogP contribution in [0.1, 0.15) is 17.9 Å². The van der Waals surface area contributed by atoms with E-state index in [0.717, 1.165) is 5.56 Å². The van der Waals surface area contributed by atoms with E-state index in [1.165, 1.54) is 36.9 Å². The third-order valence-corrected chi connectivity index (χ3v) is 8.18. The molecule has 11 heteroatoms. The zero-order chi connectivity index (χ0) is 24.6. The van der Waals surface area contributed by atoms with E-state index < -0.39 is 26.6 Å². The molecule has 34 heavy (non-hydrogen) atoms. The molecule has 1 fully saturated rings. The molecule has 8 nitrogen and oxygen atoms in total. The van der Waals surface area contributed by atoms with Gasteiger partial charge < -0.3 is 14.8 Å². The third kappa shape index (κ3) is 4.85. The van der Waals surface area contributed by atoms with Gasteiger partial charge in [0.25, 0.3) is 5.56 Å². The smallest absolute Gasteiger partial charge is 0.255 e. The zero-order valence-electron chi connectivity index (χ0n) is 18.6. The molecule has 0 saturated heterocycles. The van der Waals surface area contributed by atoms with Crippen LogP contribution in [0.5, 0.6) is 11.5 Å². The summed E-state index contributed by atoms with van der Waals surface area (Å²) in [5, 5.41) is 2.18. The van der Waals surface area contributed by atoms with E-state index in [-0.39, 0.29) is 28.9 Å². The largest absolute Gasteiger partial charge is 0.497 e. The van der Waals surface area contributed by atoms with Crippen molar-refractivity contribution in [3.8, 4) is 11.5 Å². The number of sulfonamides is 1. The van der Waals surface area contributed by atoms with Gasteiger partial charge in [0, 0.05) is 22.6 Å². The van der Waals surface area contributed by atoms with Gasteiger partial charge in [-0.2, -0.15) is 0 Å². The first-order chi connectivity index (χ1) is 16.1. The summed E-state index contributed by atoms with van der Waals surface area (Å²) in [5.41, 5.74) is 0.527. The van der Waals surface area contributed by atoms with Crippen LogP contribution in [-0.4, -0.2) is 32.5 Å². The van der Waals surface area contributed by atoms with Crippen molar-refractivity contribution in [3.63, 3.8) is 0 Å². The Balaban J connectivity index is 1.69. The molecule has 1 aromatic heterocycles. The first kappa shape index (κ1) is 24.3. The highest BCUT2D eigenvalue weighted by Crippen LogP contribution is 2.48. The van der Waals surface area contributed by atoms with Gasteiger partial charge in [-0.3, -0.25) is 14.1 Å². The van der Waals surface area contributed by atoms with E-state index in [4.69, 9.17) is 9.47 Å². The highest BCUT2D eigenvalue weighted by atomic mass is 127. The molecule has 2 unspecified atom stereocenters. The predicted molar refractivity (Wildman–Crippen MR) is 137 cm³/mol. The Bertz CT molecular complexity index is 1410. The Morgan fingerprint density at radius 1 is 1.12 bits per heavy atom. The van der Waals surface area contributed by atoms with E-state index in [2.05, 4.69) is 10.0 Å². The summed E-state index contributed by atoms with van der Waals surface area (Å²) in [4.78, 5) is 12.5. The van der Waals surface area contributed by atoms with Gasteiger partial charge in [0.15, 0.2) is 5.75 Å². The van der Waals surface area contributed by atoms with Gasteiger partial charge in [0.05, 0.1) is 25.2 Å². The molecular formula is C23H23FIN3O5S. The summed E-state index contributed by atoms with van der Waals surface area (Å²) >= 11 is 1.98. The number of anilines is 3. The number of benzene rings is 2. The fourth-order valence-electron chi connectivity index (χ4n) is 3.76. The number of nitrogens with one attached hydrogen (secondary N) is 2. The summed E-state index contributed by atoms with van der Waals surface area (Å²) < 4.78 is 56.1. The summed E-state index contributed by atoms with van der Waals surface area (Å²) in [7, 11) is 0.475. The van der Waals surface area contributed by atoms with Crippen LogP contribution in [-0.2, 0) is 17.1 Å². The molecule has 1 heterocycles. The number of methoxy groups -OCH3 is 2. The average molecular weight is 599 g/mol. The molecule has 1 aliphatic rings. The van der Waals surface area contributed by atoms with Gasteiger partial charge in [0.1, 0.15) is 23.1 Å². The van der Waals surface area contributed by atoms with Crippen LogP contribution in [0.25, 0.3) is 0 Å². The SMILES string of the molecule is COc1cccc(C2CC2S(=O)(=O)Nc2c(OC)cc(=O)n(C)c2Nc2ccc(I)cc2F)c1. The molecule has 180 valence electrons. The monoisotopic (exact) mass is 599 g/mol. The fraction of sp³-hybridized carbons (Fsp3) is 0.261. The highest BCUT2D eigenvalue weighted by Gasteiger charge is 2.49. The van der Waals surface area contributed by atoms with Gasteiger partial charge in [-0.1, -0.05) is 12.1 Å². The van der Waals surface area contributed by atoms with Gasteiger partial charge in [0.2, 0.25) is 10.0 Å². The summed E-state index contributed by atoms with van der Waals surface area (Å²) in [6, 6.07) is 13.0. The normalized spacial score (nSPS) is 17.2. The van der Waals surface area contributed by atoms with Crippen molar-refractivity contribution >= 4 is 49.8 Å². The van der Waals surface area contributed by atoms with Crippen LogP contribution in [0, 0.1) is 9.39 Å². The lowest BCUT2D eigenvalue weighted by atomic mass is 10.1. The molecule has 0 radical (unpaired) electrons. The number of hydrogen-bond acceptors (Lipinski definition) is 6. The number of hydrogen-bond donors (Lipinski definition) is 2. The lowest BCUT2D eigenvalue weighted by Gasteiger charge is -2.20. The minimum absolute atomic E-state index is 0.0266. The maximum Gasteiger partial charge on any atom is 0.255 e. The van der Waals surface area contributed by atoms with Crippen molar-refractivity contribution in [3.05, 3.63) is 73.8 Å². The summed E-state index contributed by atoms with van der Waals surface area (Å²) in [6.45, 7) is 0. The van der Waals surface area contributed by atoms with Gasteiger partial charge in [-0.15, -0.1) is 0 Å². The van der Waals surface area contributed by atoms with E-state index in [0.29, 0.717) is 15.7 Å². The maximum absolute atomic E-state index is 14.5. The molecule has 2 atom stereocenters. The standard InChI is InChI=1S/C23H23FIN3O5S/c1-28-21(29)12-19(33-3)22(23(28)26-18-8-7-14(25)10-17(18)24)27-34(30,31)20-11-16(20)13-5-4-6-15(9-13)32-2/h4-10,12,16,20,26-27H,11H2,1-3H3. The van der Waals surface area contributed by atoms with Crippen LogP contribution < -0.4 is 25.1 Å². The Hall–Kier alpha value is -2.80. The molecule has 2 aromatic carbocycles. The topological polar surface area (TPSA) is 98.7 Å². The van der Waals surface area contributed by atoms with Crippen molar-refractivity contribution in [2.75, 3.05) is 24.3 Å². The van der Waals surface area contributed by atoms with E-state index in [1.54, 1.807) is 19.2 Å². The van der Waals surface area contributed by atoms with Crippen molar-refractivity contribution in [1.29, 1.82) is 0 Å². The molecule has 1 saturated carbocycles. The molecule has 0 bridgehead atoms. The van der Waals surface area contributed by atoms with Crippen molar-refractivity contribution < 1.29 is 22.3 Å². The molecule has 3 aromatic rings. The third-order valence-electron chi connectivity index (χ3n) is 5.70. The number of halogens is 2. The van der Waals surface area contributed by atoms with Gasteiger partial charge >= 0.3 is 0 Å².